The van der Waals surface area contributed by atoms with Crippen LogP contribution < -0.4 is 5.56 Å². The maximum absolute atomic E-state index is 12.0. The molecule has 0 atom stereocenters. The van der Waals surface area contributed by atoms with Crippen molar-refractivity contribution in [1.29, 1.82) is 0 Å². The molecular weight excluding hydrogens is 188 g/mol. The van der Waals surface area contributed by atoms with Gasteiger partial charge >= 0.3 is 0 Å². The Morgan fingerprint density at radius 3 is 2.80 bits per heavy atom. The quantitative estimate of drug-likeness (QED) is 0.703. The van der Waals surface area contributed by atoms with Gasteiger partial charge in [0.1, 0.15) is 5.82 Å². The lowest BCUT2D eigenvalue weighted by Gasteiger charge is -2.07. The minimum absolute atomic E-state index is 0.0718. The summed E-state index contributed by atoms with van der Waals surface area (Å²) in [6.07, 6.45) is 2.33. The molecule has 0 N–H and O–H groups in total. The van der Waals surface area contributed by atoms with Gasteiger partial charge in [0.15, 0.2) is 0 Å². The summed E-state index contributed by atoms with van der Waals surface area (Å²) in [4.78, 5) is 16.6. The van der Waals surface area contributed by atoms with Gasteiger partial charge in [-0.05, 0) is 25.0 Å². The first-order valence-electron chi connectivity index (χ1n) is 5.23. The molecule has 1 aromatic carbocycles. The molecule has 0 radical (unpaired) electrons. The highest BCUT2D eigenvalue weighted by Gasteiger charge is 2.28. The van der Waals surface area contributed by atoms with E-state index in [4.69, 9.17) is 0 Å². The van der Waals surface area contributed by atoms with Crippen LogP contribution in [-0.4, -0.2) is 9.55 Å². The molecule has 1 aromatic heterocycles. The fourth-order valence-corrected chi connectivity index (χ4v) is 1.94. The number of para-hydroxylation sites is 1. The number of hydrogen-bond donors (Lipinski definition) is 0. The summed E-state index contributed by atoms with van der Waals surface area (Å²) in [6.45, 7) is 0. The maximum Gasteiger partial charge on any atom is 0.261 e. The molecule has 76 valence electrons. The molecule has 1 aliphatic carbocycles. The summed E-state index contributed by atoms with van der Waals surface area (Å²) in [5.41, 5.74) is 0.894. The highest BCUT2D eigenvalue weighted by Crippen LogP contribution is 2.38. The summed E-state index contributed by atoms with van der Waals surface area (Å²) in [5.74, 6) is 1.45. The Kier molecular flexibility index (Phi) is 1.69. The Bertz CT molecular complexity index is 582. The average Bonchev–Trinajstić information content (AvgIpc) is 3.07. The molecule has 1 saturated carbocycles. The van der Waals surface area contributed by atoms with Crippen molar-refractivity contribution in [2.75, 3.05) is 0 Å². The SMILES string of the molecule is Cn1c(C2CC2)nc2ccccc2c1=O. The van der Waals surface area contributed by atoms with Crippen molar-refractivity contribution in [3.05, 3.63) is 40.4 Å². The smallest absolute Gasteiger partial charge is 0.261 e. The van der Waals surface area contributed by atoms with Crippen LogP contribution in [0.1, 0.15) is 24.6 Å². The lowest BCUT2D eigenvalue weighted by atomic mass is 10.2. The summed E-state index contributed by atoms with van der Waals surface area (Å²) >= 11 is 0. The van der Waals surface area contributed by atoms with E-state index >= 15 is 0 Å². The van der Waals surface area contributed by atoms with Crippen LogP contribution >= 0.6 is 0 Å². The van der Waals surface area contributed by atoms with Gasteiger partial charge < -0.3 is 0 Å². The van der Waals surface area contributed by atoms with Crippen LogP contribution in [0.2, 0.25) is 0 Å². The molecule has 1 aliphatic rings. The second-order valence-electron chi connectivity index (χ2n) is 4.13. The third-order valence-electron chi connectivity index (χ3n) is 2.96. The Morgan fingerprint density at radius 2 is 2.07 bits per heavy atom. The predicted molar refractivity (Wildman–Crippen MR) is 59.0 cm³/mol. The molecule has 0 aliphatic heterocycles. The number of nitrogens with zero attached hydrogens (tertiary/aromatic N) is 2. The van der Waals surface area contributed by atoms with E-state index in [2.05, 4.69) is 4.98 Å². The van der Waals surface area contributed by atoms with Gasteiger partial charge in [0.2, 0.25) is 0 Å². The van der Waals surface area contributed by atoms with Gasteiger partial charge in [0, 0.05) is 13.0 Å². The van der Waals surface area contributed by atoms with E-state index in [1.54, 1.807) is 4.57 Å². The first-order valence-corrected chi connectivity index (χ1v) is 5.23. The molecule has 3 nitrogen and oxygen atoms in total. The Hall–Kier alpha value is -1.64. The lowest BCUT2D eigenvalue weighted by molar-refractivity contribution is 0.745. The van der Waals surface area contributed by atoms with Crippen LogP contribution in [0.4, 0.5) is 0 Å². The third-order valence-corrected chi connectivity index (χ3v) is 2.96. The van der Waals surface area contributed by atoms with Gasteiger partial charge in [-0.1, -0.05) is 12.1 Å². The molecule has 0 amide bonds. The van der Waals surface area contributed by atoms with E-state index in [0.29, 0.717) is 11.3 Å². The number of aromatic nitrogens is 2. The molecule has 1 heterocycles. The van der Waals surface area contributed by atoms with Crippen molar-refractivity contribution in [3.8, 4) is 0 Å². The van der Waals surface area contributed by atoms with Crippen LogP contribution in [0.25, 0.3) is 10.9 Å². The van der Waals surface area contributed by atoms with E-state index in [1.165, 1.54) is 12.8 Å². The van der Waals surface area contributed by atoms with Gasteiger partial charge in [0.25, 0.3) is 5.56 Å². The van der Waals surface area contributed by atoms with Crippen LogP contribution in [0.5, 0.6) is 0 Å². The predicted octanol–water partition coefficient (Wildman–Crippen LogP) is 1.81. The van der Waals surface area contributed by atoms with Crippen LogP contribution in [-0.2, 0) is 7.05 Å². The van der Waals surface area contributed by atoms with E-state index < -0.39 is 0 Å². The van der Waals surface area contributed by atoms with Crippen molar-refractivity contribution in [3.63, 3.8) is 0 Å². The van der Waals surface area contributed by atoms with Crippen molar-refractivity contribution >= 4 is 10.9 Å². The van der Waals surface area contributed by atoms with Crippen molar-refractivity contribution in [2.45, 2.75) is 18.8 Å². The molecule has 1 fully saturated rings. The standard InChI is InChI=1S/C12H12N2O/c1-14-11(8-6-7-8)13-10-5-3-2-4-9(10)12(14)15/h2-5,8H,6-7H2,1H3. The summed E-state index contributed by atoms with van der Waals surface area (Å²) < 4.78 is 1.69. The zero-order valence-corrected chi connectivity index (χ0v) is 8.60. The summed E-state index contributed by atoms with van der Waals surface area (Å²) in [5, 5.41) is 0.712. The molecular formula is C12H12N2O. The Morgan fingerprint density at radius 1 is 1.33 bits per heavy atom. The average molecular weight is 200 g/mol. The minimum atomic E-state index is 0.0718. The van der Waals surface area contributed by atoms with Gasteiger partial charge in [0.05, 0.1) is 10.9 Å². The zero-order valence-electron chi connectivity index (χ0n) is 8.60. The Balaban J connectivity index is 2.40. The first kappa shape index (κ1) is 8.65. The lowest BCUT2D eigenvalue weighted by Crippen LogP contribution is -2.21. The molecule has 0 spiro atoms. The number of fused-ring (bicyclic) bond motifs is 1. The van der Waals surface area contributed by atoms with Crippen molar-refractivity contribution in [2.24, 2.45) is 7.05 Å². The largest absolute Gasteiger partial charge is 0.299 e. The molecule has 15 heavy (non-hydrogen) atoms. The van der Waals surface area contributed by atoms with Gasteiger partial charge in [-0.15, -0.1) is 0 Å². The molecule has 0 bridgehead atoms. The molecule has 0 saturated heterocycles. The molecule has 2 aromatic rings. The highest BCUT2D eigenvalue weighted by molar-refractivity contribution is 5.77. The van der Waals surface area contributed by atoms with Crippen LogP contribution in [0, 0.1) is 0 Å². The molecule has 3 heteroatoms. The highest BCUT2D eigenvalue weighted by atomic mass is 16.1. The van der Waals surface area contributed by atoms with Crippen molar-refractivity contribution < 1.29 is 0 Å². The number of rotatable bonds is 1. The van der Waals surface area contributed by atoms with Gasteiger partial charge in [-0.2, -0.15) is 0 Å². The fraction of sp³-hybridized carbons (Fsp3) is 0.333. The van der Waals surface area contributed by atoms with Crippen LogP contribution in [0.3, 0.4) is 0 Å². The second kappa shape index (κ2) is 2.92. The van der Waals surface area contributed by atoms with Crippen LogP contribution in [0.15, 0.2) is 29.1 Å². The second-order valence-corrected chi connectivity index (χ2v) is 4.13. The molecule has 0 unspecified atom stereocenters. The van der Waals surface area contributed by atoms with E-state index in [0.717, 1.165) is 11.3 Å². The minimum Gasteiger partial charge on any atom is -0.299 e. The number of benzene rings is 1. The maximum atomic E-state index is 12.0. The monoisotopic (exact) mass is 200 g/mol. The van der Waals surface area contributed by atoms with Crippen molar-refractivity contribution in [1.82, 2.24) is 9.55 Å². The third kappa shape index (κ3) is 1.27. The summed E-state index contributed by atoms with van der Waals surface area (Å²) in [6, 6.07) is 7.54. The van der Waals surface area contributed by atoms with E-state index in [1.807, 2.05) is 31.3 Å². The van der Waals surface area contributed by atoms with Gasteiger partial charge in [-0.25, -0.2) is 4.98 Å². The topological polar surface area (TPSA) is 34.9 Å². The number of hydrogen-bond acceptors (Lipinski definition) is 2. The first-order chi connectivity index (χ1) is 7.27. The summed E-state index contributed by atoms with van der Waals surface area (Å²) in [7, 11) is 1.81. The zero-order chi connectivity index (χ0) is 10.4. The van der Waals surface area contributed by atoms with E-state index in [-0.39, 0.29) is 5.56 Å². The Labute approximate surface area is 87.4 Å². The fourth-order valence-electron chi connectivity index (χ4n) is 1.94. The van der Waals surface area contributed by atoms with E-state index in [9.17, 15) is 4.79 Å². The van der Waals surface area contributed by atoms with Gasteiger partial charge in [-0.3, -0.25) is 9.36 Å². The normalized spacial score (nSPS) is 15.8. The molecule has 3 rings (SSSR count).